The number of carbonyl (C=O) groups is 1. The van der Waals surface area contributed by atoms with Crippen LogP contribution in [0.25, 0.3) is 0 Å². The number of hydrogen-bond acceptors (Lipinski definition) is 5. The quantitative estimate of drug-likeness (QED) is 0.841. The Morgan fingerprint density at radius 1 is 1.35 bits per heavy atom. The van der Waals surface area contributed by atoms with Crippen molar-refractivity contribution in [3.05, 3.63) is 52.7 Å². The van der Waals surface area contributed by atoms with Crippen molar-refractivity contribution in [1.82, 2.24) is 9.88 Å². The number of nitrogens with zero attached hydrogens (tertiary/aromatic N) is 2. The lowest BCUT2D eigenvalue weighted by Gasteiger charge is -2.26. The van der Waals surface area contributed by atoms with Crippen molar-refractivity contribution >= 4 is 23.3 Å². The number of morpholine rings is 1. The Morgan fingerprint density at radius 2 is 2.15 bits per heavy atom. The summed E-state index contributed by atoms with van der Waals surface area (Å²) < 4.78 is 10.5. The van der Waals surface area contributed by atoms with Crippen LogP contribution in [0.15, 0.2) is 36.5 Å². The maximum atomic E-state index is 12.5. The first-order valence-electron chi connectivity index (χ1n) is 8.57. The van der Waals surface area contributed by atoms with E-state index in [4.69, 9.17) is 21.1 Å². The number of hydrogen-bond donors (Lipinski definition) is 1. The van der Waals surface area contributed by atoms with Gasteiger partial charge in [-0.05, 0) is 30.2 Å². The van der Waals surface area contributed by atoms with Gasteiger partial charge in [-0.3, -0.25) is 4.79 Å². The number of aromatic nitrogens is 1. The van der Waals surface area contributed by atoms with Crippen LogP contribution >= 0.6 is 11.6 Å². The van der Waals surface area contributed by atoms with Crippen molar-refractivity contribution in [2.45, 2.75) is 6.42 Å². The highest BCUT2D eigenvalue weighted by atomic mass is 35.5. The number of pyridine rings is 1. The molecule has 1 fully saturated rings. The average Bonchev–Trinajstić information content (AvgIpc) is 2.69. The molecule has 1 aromatic heterocycles. The number of rotatable bonds is 6. The van der Waals surface area contributed by atoms with E-state index in [0.717, 1.165) is 17.7 Å². The molecule has 2 aromatic rings. The molecule has 7 heteroatoms. The van der Waals surface area contributed by atoms with E-state index in [1.165, 1.54) is 0 Å². The molecular formula is C19H22ClN3O3. The van der Waals surface area contributed by atoms with E-state index in [1.54, 1.807) is 24.3 Å². The minimum Gasteiger partial charge on any atom is -0.497 e. The van der Waals surface area contributed by atoms with Gasteiger partial charge in [0.25, 0.3) is 5.91 Å². The van der Waals surface area contributed by atoms with Crippen LogP contribution in [0.4, 0.5) is 5.82 Å². The zero-order valence-electron chi connectivity index (χ0n) is 14.7. The lowest BCUT2D eigenvalue weighted by atomic mass is 10.1. The van der Waals surface area contributed by atoms with Gasteiger partial charge in [0, 0.05) is 25.8 Å². The molecule has 0 bridgehead atoms. The predicted octanol–water partition coefficient (Wildman–Crippen LogP) is 2.87. The molecule has 0 saturated carbocycles. The van der Waals surface area contributed by atoms with Gasteiger partial charge in [-0.15, -0.1) is 0 Å². The van der Waals surface area contributed by atoms with Gasteiger partial charge in [0.2, 0.25) is 0 Å². The van der Waals surface area contributed by atoms with Crippen molar-refractivity contribution in [2.24, 2.45) is 0 Å². The van der Waals surface area contributed by atoms with E-state index < -0.39 is 0 Å². The summed E-state index contributed by atoms with van der Waals surface area (Å²) >= 11 is 6.30. The maximum absolute atomic E-state index is 12.5. The monoisotopic (exact) mass is 375 g/mol. The first-order valence-corrected chi connectivity index (χ1v) is 8.94. The summed E-state index contributed by atoms with van der Waals surface area (Å²) in [5.74, 6) is 1.35. The third kappa shape index (κ3) is 4.65. The van der Waals surface area contributed by atoms with Crippen molar-refractivity contribution in [1.29, 1.82) is 0 Å². The van der Waals surface area contributed by atoms with Gasteiger partial charge in [-0.2, -0.15) is 0 Å². The molecule has 1 aliphatic heterocycles. The number of methoxy groups -OCH3 is 1. The number of benzene rings is 1. The van der Waals surface area contributed by atoms with Crippen molar-refractivity contribution in [2.75, 3.05) is 45.3 Å². The molecule has 1 saturated heterocycles. The van der Waals surface area contributed by atoms with E-state index in [1.807, 2.05) is 24.3 Å². The summed E-state index contributed by atoms with van der Waals surface area (Å²) in [5.41, 5.74) is 1.65. The molecule has 3 rings (SSSR count). The van der Waals surface area contributed by atoms with E-state index in [-0.39, 0.29) is 5.91 Å². The van der Waals surface area contributed by atoms with Crippen LogP contribution in [-0.4, -0.2) is 55.7 Å². The molecule has 6 nitrogen and oxygen atoms in total. The van der Waals surface area contributed by atoms with E-state index in [2.05, 4.69) is 10.3 Å². The predicted molar refractivity (Wildman–Crippen MR) is 101 cm³/mol. The highest BCUT2D eigenvalue weighted by Crippen LogP contribution is 2.21. The number of halogens is 1. The number of carbonyl (C=O) groups excluding carboxylic acids is 1. The molecule has 0 spiro atoms. The van der Waals surface area contributed by atoms with E-state index in [9.17, 15) is 4.79 Å². The molecule has 1 aromatic carbocycles. The number of amides is 1. The first-order chi connectivity index (χ1) is 12.7. The molecule has 1 N–H and O–H groups in total. The van der Waals surface area contributed by atoms with Crippen molar-refractivity contribution in [3.63, 3.8) is 0 Å². The standard InChI is InChI=1S/C19H22ClN3O3/c1-25-16-4-2-3-14(11-16)5-6-21-18-17(20)12-15(13-22-18)19(24)23-7-9-26-10-8-23/h2-4,11-13H,5-10H2,1H3,(H,21,22). The van der Waals surface area contributed by atoms with Gasteiger partial charge in [0.1, 0.15) is 11.6 Å². The second kappa shape index (κ2) is 8.87. The molecule has 1 aliphatic rings. The summed E-state index contributed by atoms with van der Waals surface area (Å²) in [6.45, 7) is 3.00. The molecule has 0 radical (unpaired) electrons. The van der Waals surface area contributed by atoms with E-state index in [0.29, 0.717) is 49.3 Å². The Morgan fingerprint density at radius 3 is 2.88 bits per heavy atom. The van der Waals surface area contributed by atoms with Crippen molar-refractivity contribution in [3.8, 4) is 5.75 Å². The molecule has 26 heavy (non-hydrogen) atoms. The van der Waals surface area contributed by atoms with Gasteiger partial charge in [-0.25, -0.2) is 4.98 Å². The Balaban J connectivity index is 1.58. The van der Waals surface area contributed by atoms with Gasteiger partial charge in [0.05, 0.1) is 30.9 Å². The van der Waals surface area contributed by atoms with Gasteiger partial charge in [0.15, 0.2) is 0 Å². The number of nitrogens with one attached hydrogen (secondary N) is 1. The highest BCUT2D eigenvalue weighted by Gasteiger charge is 2.19. The fourth-order valence-corrected chi connectivity index (χ4v) is 3.02. The van der Waals surface area contributed by atoms with Gasteiger partial charge < -0.3 is 19.7 Å². The summed E-state index contributed by atoms with van der Waals surface area (Å²) in [6, 6.07) is 9.59. The molecule has 2 heterocycles. The lowest BCUT2D eigenvalue weighted by molar-refractivity contribution is 0.0302. The van der Waals surface area contributed by atoms with Crippen LogP contribution in [0.2, 0.25) is 5.02 Å². The smallest absolute Gasteiger partial charge is 0.255 e. The van der Waals surface area contributed by atoms with Crippen LogP contribution in [0.5, 0.6) is 5.75 Å². The zero-order chi connectivity index (χ0) is 18.4. The summed E-state index contributed by atoms with van der Waals surface area (Å²) in [6.07, 6.45) is 2.38. The zero-order valence-corrected chi connectivity index (χ0v) is 15.5. The largest absolute Gasteiger partial charge is 0.497 e. The molecule has 138 valence electrons. The minimum absolute atomic E-state index is 0.0642. The Kier molecular flexibility index (Phi) is 6.30. The van der Waals surface area contributed by atoms with Crippen LogP contribution in [0, 0.1) is 0 Å². The second-order valence-electron chi connectivity index (χ2n) is 5.99. The molecule has 1 amide bonds. The normalized spacial score (nSPS) is 14.2. The summed E-state index contributed by atoms with van der Waals surface area (Å²) in [5, 5.41) is 3.66. The fourth-order valence-electron chi connectivity index (χ4n) is 2.79. The van der Waals surface area contributed by atoms with Crippen molar-refractivity contribution < 1.29 is 14.3 Å². The molecule has 0 atom stereocenters. The third-order valence-electron chi connectivity index (χ3n) is 4.23. The van der Waals surface area contributed by atoms with Gasteiger partial charge >= 0.3 is 0 Å². The number of ether oxygens (including phenoxy) is 2. The minimum atomic E-state index is -0.0642. The third-order valence-corrected chi connectivity index (χ3v) is 4.51. The SMILES string of the molecule is COc1cccc(CCNc2ncc(C(=O)N3CCOCC3)cc2Cl)c1. The summed E-state index contributed by atoms with van der Waals surface area (Å²) in [7, 11) is 1.65. The lowest BCUT2D eigenvalue weighted by Crippen LogP contribution is -2.40. The van der Waals surface area contributed by atoms with Crippen LogP contribution in [0.3, 0.4) is 0 Å². The topological polar surface area (TPSA) is 63.7 Å². The molecule has 0 unspecified atom stereocenters. The highest BCUT2D eigenvalue weighted by molar-refractivity contribution is 6.33. The molecular weight excluding hydrogens is 354 g/mol. The fraction of sp³-hybridized carbons (Fsp3) is 0.368. The first kappa shape index (κ1) is 18.5. The van der Waals surface area contributed by atoms with Crippen LogP contribution < -0.4 is 10.1 Å². The average molecular weight is 376 g/mol. The number of anilines is 1. The Hall–Kier alpha value is -2.31. The van der Waals surface area contributed by atoms with Crippen LogP contribution in [-0.2, 0) is 11.2 Å². The Labute approximate surface area is 158 Å². The Bertz CT molecular complexity index is 763. The summed E-state index contributed by atoms with van der Waals surface area (Å²) in [4.78, 5) is 18.5. The van der Waals surface area contributed by atoms with Crippen LogP contribution in [0.1, 0.15) is 15.9 Å². The van der Waals surface area contributed by atoms with Gasteiger partial charge in [-0.1, -0.05) is 23.7 Å². The maximum Gasteiger partial charge on any atom is 0.255 e. The molecule has 0 aliphatic carbocycles. The second-order valence-corrected chi connectivity index (χ2v) is 6.39. The van der Waals surface area contributed by atoms with E-state index >= 15 is 0 Å².